The van der Waals surface area contributed by atoms with Crippen molar-refractivity contribution in [2.45, 2.75) is 167 Å². The summed E-state index contributed by atoms with van der Waals surface area (Å²) in [6.45, 7) is 4.03. The molecule has 0 aromatic heterocycles. The number of nitrogens with one attached hydrogen (secondary N) is 3. The normalized spacial score (nSPS) is 13.1. The molecule has 0 unspecified atom stereocenters. The molecule has 0 aliphatic carbocycles. The molecule has 342 valence electrons. The number of carboxylic acids is 1. The molecule has 0 saturated heterocycles. The number of carbonyl (C=O) groups excluding carboxylic acids is 5. The largest absolute Gasteiger partial charge is 0.508 e. The summed E-state index contributed by atoms with van der Waals surface area (Å²) in [6, 6.07) is 4.81. The SMILES string of the molecule is CC(C)CC(=O)CN[C@@H](CCCCNC(=O)CC[C@H](CC(=O)CCCCCCCCCCCCCCCS(=O)(=O)O)C(=O)O)C(=O)CN[C@@H](Cc1ccc(O)cc1)C(N)=O. The molecule has 16 heteroatoms. The van der Waals surface area contributed by atoms with E-state index in [0.717, 1.165) is 76.2 Å². The van der Waals surface area contributed by atoms with Crippen LogP contribution in [0.5, 0.6) is 5.75 Å². The molecule has 0 bridgehead atoms. The average Bonchev–Trinajstić information content (AvgIpc) is 3.17. The number of ketones is 3. The van der Waals surface area contributed by atoms with Crippen molar-refractivity contribution < 1.29 is 52.0 Å². The number of hydrogen-bond donors (Lipinski definition) is 7. The van der Waals surface area contributed by atoms with Crippen LogP contribution in [0.1, 0.15) is 154 Å². The van der Waals surface area contributed by atoms with Crippen LogP contribution in [0.2, 0.25) is 0 Å². The van der Waals surface area contributed by atoms with Crippen LogP contribution in [0.4, 0.5) is 0 Å². The minimum atomic E-state index is -3.85. The van der Waals surface area contributed by atoms with E-state index in [9.17, 15) is 47.4 Å². The van der Waals surface area contributed by atoms with Crippen molar-refractivity contribution in [1.82, 2.24) is 16.0 Å². The Hall–Kier alpha value is -3.73. The number of primary amides is 1. The Labute approximate surface area is 357 Å². The maximum Gasteiger partial charge on any atom is 0.306 e. The van der Waals surface area contributed by atoms with Gasteiger partial charge in [0.1, 0.15) is 17.3 Å². The van der Waals surface area contributed by atoms with Gasteiger partial charge in [0.05, 0.1) is 36.8 Å². The van der Waals surface area contributed by atoms with E-state index < -0.39 is 40.0 Å². The summed E-state index contributed by atoms with van der Waals surface area (Å²) in [5.74, 6) is -3.27. The van der Waals surface area contributed by atoms with Gasteiger partial charge in [0.15, 0.2) is 5.78 Å². The fraction of sp³-hybridized carbons (Fsp3) is 0.727. The van der Waals surface area contributed by atoms with Gasteiger partial charge in [-0.2, -0.15) is 8.42 Å². The molecule has 0 spiro atoms. The van der Waals surface area contributed by atoms with E-state index in [1.165, 1.54) is 12.1 Å². The lowest BCUT2D eigenvalue weighted by Gasteiger charge is -2.20. The van der Waals surface area contributed by atoms with Crippen LogP contribution in [0, 0.1) is 11.8 Å². The third kappa shape index (κ3) is 29.5. The first-order chi connectivity index (χ1) is 28.5. The first-order valence-electron chi connectivity index (χ1n) is 22.0. The van der Waals surface area contributed by atoms with E-state index in [-0.39, 0.29) is 79.4 Å². The standard InChI is InChI=1S/C44H74N4O11S/c1-33(2)28-38(51)31-47-39(41(52)32-48-40(43(45)54)29-34-20-23-36(49)24-21-34)19-15-16-26-46-42(53)25-22-35(44(55)56)30-37(50)18-14-12-10-8-6-4-3-5-7-9-11-13-17-27-60(57,58)59/h20-21,23-24,33,35,39-40,47-49H,3-19,22,25-32H2,1-2H3,(H2,45,54)(H,46,53)(H,55,56)(H,57,58,59)/t35-,39+,40+/m1/s1. The molecule has 0 aliphatic rings. The van der Waals surface area contributed by atoms with Crippen molar-refractivity contribution in [1.29, 1.82) is 0 Å². The fourth-order valence-corrected chi connectivity index (χ4v) is 7.53. The molecule has 0 radical (unpaired) electrons. The average molecular weight is 867 g/mol. The van der Waals surface area contributed by atoms with Gasteiger partial charge in [-0.25, -0.2) is 0 Å². The topological polar surface area (TPSA) is 259 Å². The molecule has 1 rings (SSSR count). The predicted molar refractivity (Wildman–Crippen MR) is 232 cm³/mol. The van der Waals surface area contributed by atoms with E-state index in [1.807, 2.05) is 13.8 Å². The Balaban J connectivity index is 2.34. The van der Waals surface area contributed by atoms with Gasteiger partial charge in [-0.3, -0.25) is 38.6 Å². The number of benzene rings is 1. The number of Topliss-reactive ketones (excluding diaryl/α,β-unsaturated/α-hetero) is 3. The number of amides is 2. The summed E-state index contributed by atoms with van der Waals surface area (Å²) < 4.78 is 30.2. The van der Waals surface area contributed by atoms with E-state index in [2.05, 4.69) is 16.0 Å². The number of hydrogen-bond acceptors (Lipinski definition) is 11. The number of aliphatic carboxylic acids is 1. The Morgan fingerprint density at radius 3 is 1.75 bits per heavy atom. The summed E-state index contributed by atoms with van der Waals surface area (Å²) in [7, 11) is -3.85. The van der Waals surface area contributed by atoms with Gasteiger partial charge in [-0.05, 0) is 68.6 Å². The van der Waals surface area contributed by atoms with Gasteiger partial charge < -0.3 is 26.6 Å². The molecule has 3 atom stereocenters. The van der Waals surface area contributed by atoms with E-state index in [1.54, 1.807) is 12.1 Å². The molecule has 0 saturated carbocycles. The molecule has 8 N–H and O–H groups in total. The summed E-state index contributed by atoms with van der Waals surface area (Å²) >= 11 is 0. The molecule has 0 heterocycles. The first kappa shape index (κ1) is 54.3. The molecule has 0 aliphatic heterocycles. The quantitative estimate of drug-likeness (QED) is 0.0315. The Bertz CT molecular complexity index is 1540. The van der Waals surface area contributed by atoms with E-state index in [4.69, 9.17) is 10.3 Å². The molecule has 2 amide bonds. The highest BCUT2D eigenvalue weighted by atomic mass is 32.2. The van der Waals surface area contributed by atoms with E-state index in [0.29, 0.717) is 51.5 Å². The van der Waals surface area contributed by atoms with Crippen molar-refractivity contribution in [2.75, 3.05) is 25.4 Å². The second-order valence-electron chi connectivity index (χ2n) is 16.5. The zero-order valence-corrected chi connectivity index (χ0v) is 36.9. The van der Waals surface area contributed by atoms with Crippen LogP contribution in [0.15, 0.2) is 24.3 Å². The summed E-state index contributed by atoms with van der Waals surface area (Å²) in [5, 5.41) is 28.0. The number of carbonyl (C=O) groups is 6. The zero-order chi connectivity index (χ0) is 44.8. The molecule has 1 aromatic carbocycles. The lowest BCUT2D eigenvalue weighted by atomic mass is 9.94. The number of nitrogens with two attached hydrogens (primary N) is 1. The monoisotopic (exact) mass is 867 g/mol. The smallest absolute Gasteiger partial charge is 0.306 e. The molecular weight excluding hydrogens is 793 g/mol. The van der Waals surface area contributed by atoms with Gasteiger partial charge in [0.25, 0.3) is 10.1 Å². The van der Waals surface area contributed by atoms with E-state index >= 15 is 0 Å². The molecule has 0 fully saturated rings. The number of phenols is 1. The maximum atomic E-state index is 13.3. The second kappa shape index (κ2) is 32.0. The third-order valence-electron chi connectivity index (χ3n) is 10.5. The predicted octanol–water partition coefficient (Wildman–Crippen LogP) is 5.60. The van der Waals surface area contributed by atoms with Gasteiger partial charge in [0, 0.05) is 32.2 Å². The van der Waals surface area contributed by atoms with Crippen molar-refractivity contribution in [3.8, 4) is 5.75 Å². The van der Waals surface area contributed by atoms with Gasteiger partial charge >= 0.3 is 5.97 Å². The van der Waals surface area contributed by atoms with Crippen LogP contribution < -0.4 is 21.7 Å². The molecule has 60 heavy (non-hydrogen) atoms. The summed E-state index contributed by atoms with van der Waals surface area (Å²) in [5.41, 5.74) is 6.33. The number of rotatable bonds is 39. The molecular formula is C44H74N4O11S. The Kier molecular flexibility index (Phi) is 29.0. The first-order valence-corrected chi connectivity index (χ1v) is 23.6. The minimum absolute atomic E-state index is 0.0176. The van der Waals surface area contributed by atoms with Crippen LogP contribution >= 0.6 is 0 Å². The number of carboxylic acid groups (broad SMARTS) is 1. The summed E-state index contributed by atoms with van der Waals surface area (Å²) in [6.07, 6.45) is 15.1. The van der Waals surface area contributed by atoms with Gasteiger partial charge in [-0.1, -0.05) is 96.6 Å². The number of unbranched alkanes of at least 4 members (excludes halogenated alkanes) is 13. The van der Waals surface area contributed by atoms with Crippen LogP contribution in [0.3, 0.4) is 0 Å². The second-order valence-corrected chi connectivity index (χ2v) is 18.1. The maximum absolute atomic E-state index is 13.3. The van der Waals surface area contributed by atoms with Gasteiger partial charge in [-0.15, -0.1) is 0 Å². The summed E-state index contributed by atoms with van der Waals surface area (Å²) in [4.78, 5) is 74.7. The van der Waals surface area contributed by atoms with Crippen LogP contribution in [0.25, 0.3) is 0 Å². The van der Waals surface area contributed by atoms with Crippen molar-refractivity contribution in [3.63, 3.8) is 0 Å². The highest BCUT2D eigenvalue weighted by molar-refractivity contribution is 7.85. The number of phenolic OH excluding ortho intramolecular Hbond substituents is 1. The Morgan fingerprint density at radius 2 is 1.22 bits per heavy atom. The highest BCUT2D eigenvalue weighted by Gasteiger charge is 2.24. The van der Waals surface area contributed by atoms with Crippen molar-refractivity contribution in [2.24, 2.45) is 17.6 Å². The van der Waals surface area contributed by atoms with Gasteiger partial charge in [0.2, 0.25) is 11.8 Å². The fourth-order valence-electron chi connectivity index (χ4n) is 6.97. The lowest BCUT2D eigenvalue weighted by Crippen LogP contribution is -2.49. The molecule has 1 aromatic rings. The molecule has 15 nitrogen and oxygen atoms in total. The highest BCUT2D eigenvalue weighted by Crippen LogP contribution is 2.17. The zero-order valence-electron chi connectivity index (χ0n) is 36.1. The van der Waals surface area contributed by atoms with Crippen molar-refractivity contribution in [3.05, 3.63) is 29.8 Å². The lowest BCUT2D eigenvalue weighted by molar-refractivity contribution is -0.144. The minimum Gasteiger partial charge on any atom is -0.508 e. The van der Waals surface area contributed by atoms with Crippen LogP contribution in [-0.2, 0) is 45.3 Å². The number of aromatic hydroxyl groups is 1. The van der Waals surface area contributed by atoms with Crippen LogP contribution in [-0.4, -0.2) is 95.8 Å². The Morgan fingerprint density at radius 1 is 0.667 bits per heavy atom. The third-order valence-corrected chi connectivity index (χ3v) is 11.3. The van der Waals surface area contributed by atoms with Crippen molar-refractivity contribution >= 4 is 45.3 Å².